The standard InChI is InChI=1S/C14H16N4O2S2/c19-22(20,9-7-12-4-2-1-3-5-12)16-8-6-13-10-21-14-17-15-11-18(13)14/h1-5,10-11,16H,6-9H2. The topological polar surface area (TPSA) is 76.4 Å². The van der Waals surface area contributed by atoms with Crippen LogP contribution in [0, 0.1) is 0 Å². The van der Waals surface area contributed by atoms with Crippen molar-refractivity contribution in [3.05, 3.63) is 53.3 Å². The molecule has 0 aliphatic rings. The second-order valence-corrected chi connectivity index (χ2v) is 7.67. The smallest absolute Gasteiger partial charge is 0.216 e. The highest BCUT2D eigenvalue weighted by Crippen LogP contribution is 2.13. The fourth-order valence-corrected chi connectivity index (χ4v) is 4.07. The maximum atomic E-state index is 12.0. The van der Waals surface area contributed by atoms with E-state index in [-0.39, 0.29) is 5.75 Å². The molecule has 0 spiro atoms. The molecule has 0 saturated carbocycles. The molecule has 1 N–H and O–H groups in total. The second kappa shape index (κ2) is 6.55. The van der Waals surface area contributed by atoms with E-state index in [0.29, 0.717) is 19.4 Å². The quantitative estimate of drug-likeness (QED) is 0.709. The number of fused-ring (bicyclic) bond motifs is 1. The number of aryl methyl sites for hydroxylation is 1. The fraction of sp³-hybridized carbons (Fsp3) is 0.286. The number of nitrogens with one attached hydrogen (secondary N) is 1. The van der Waals surface area contributed by atoms with Gasteiger partial charge in [0.1, 0.15) is 6.33 Å². The third kappa shape index (κ3) is 3.70. The van der Waals surface area contributed by atoms with Gasteiger partial charge in [0, 0.05) is 24.0 Å². The predicted molar refractivity (Wildman–Crippen MR) is 86.5 cm³/mol. The summed E-state index contributed by atoms with van der Waals surface area (Å²) in [5, 5.41) is 9.75. The van der Waals surface area contributed by atoms with Crippen LogP contribution in [-0.4, -0.2) is 35.3 Å². The molecule has 2 aromatic heterocycles. The Morgan fingerprint density at radius 2 is 2.00 bits per heavy atom. The number of sulfonamides is 1. The first-order valence-electron chi connectivity index (χ1n) is 6.91. The SMILES string of the molecule is O=S(=O)(CCc1ccccc1)NCCc1csc2nncn12. The summed E-state index contributed by atoms with van der Waals surface area (Å²) in [7, 11) is -3.26. The first kappa shape index (κ1) is 15.1. The van der Waals surface area contributed by atoms with E-state index >= 15 is 0 Å². The Labute approximate surface area is 132 Å². The fourth-order valence-electron chi connectivity index (χ4n) is 2.16. The van der Waals surface area contributed by atoms with Gasteiger partial charge in [0.05, 0.1) is 5.75 Å². The number of hydrogen-bond acceptors (Lipinski definition) is 5. The molecule has 22 heavy (non-hydrogen) atoms. The van der Waals surface area contributed by atoms with E-state index in [1.54, 1.807) is 6.33 Å². The van der Waals surface area contributed by atoms with E-state index in [0.717, 1.165) is 16.2 Å². The van der Waals surface area contributed by atoms with Gasteiger partial charge in [0.2, 0.25) is 15.0 Å². The minimum absolute atomic E-state index is 0.0999. The van der Waals surface area contributed by atoms with Crippen molar-refractivity contribution in [2.45, 2.75) is 12.8 Å². The third-order valence-electron chi connectivity index (χ3n) is 3.33. The molecule has 8 heteroatoms. The van der Waals surface area contributed by atoms with Crippen molar-refractivity contribution in [1.82, 2.24) is 19.3 Å². The minimum Gasteiger partial charge on any atom is -0.276 e. The molecular weight excluding hydrogens is 320 g/mol. The molecule has 116 valence electrons. The van der Waals surface area contributed by atoms with E-state index in [1.807, 2.05) is 40.1 Å². The van der Waals surface area contributed by atoms with Crippen LogP contribution in [0.3, 0.4) is 0 Å². The van der Waals surface area contributed by atoms with Crippen molar-refractivity contribution in [1.29, 1.82) is 0 Å². The number of hydrogen-bond donors (Lipinski definition) is 1. The Hall–Kier alpha value is -1.77. The Balaban J connectivity index is 1.51. The van der Waals surface area contributed by atoms with Crippen LogP contribution in [0.15, 0.2) is 42.0 Å². The van der Waals surface area contributed by atoms with Crippen molar-refractivity contribution >= 4 is 26.3 Å². The molecule has 1 aromatic carbocycles. The summed E-state index contributed by atoms with van der Waals surface area (Å²) in [5.41, 5.74) is 2.03. The third-order valence-corrected chi connectivity index (χ3v) is 5.60. The van der Waals surface area contributed by atoms with Gasteiger partial charge in [-0.25, -0.2) is 13.1 Å². The van der Waals surface area contributed by atoms with Crippen molar-refractivity contribution in [2.24, 2.45) is 0 Å². The summed E-state index contributed by atoms with van der Waals surface area (Å²) in [4.78, 5) is 0.821. The lowest BCUT2D eigenvalue weighted by Gasteiger charge is -2.06. The lowest BCUT2D eigenvalue weighted by molar-refractivity contribution is 0.580. The van der Waals surface area contributed by atoms with Gasteiger partial charge in [-0.1, -0.05) is 30.3 Å². The Kier molecular flexibility index (Phi) is 4.51. The lowest BCUT2D eigenvalue weighted by Crippen LogP contribution is -2.29. The maximum absolute atomic E-state index is 12.0. The molecule has 6 nitrogen and oxygen atoms in total. The van der Waals surface area contributed by atoms with Crippen LogP contribution >= 0.6 is 11.3 Å². The molecule has 0 aliphatic carbocycles. The van der Waals surface area contributed by atoms with Crippen molar-refractivity contribution in [3.63, 3.8) is 0 Å². The first-order chi connectivity index (χ1) is 10.6. The summed E-state index contributed by atoms with van der Waals surface area (Å²) in [6, 6.07) is 9.61. The first-order valence-corrected chi connectivity index (χ1v) is 9.45. The highest BCUT2D eigenvalue weighted by Gasteiger charge is 2.11. The van der Waals surface area contributed by atoms with E-state index in [2.05, 4.69) is 14.9 Å². The minimum atomic E-state index is -3.26. The zero-order chi connectivity index (χ0) is 15.4. The van der Waals surface area contributed by atoms with E-state index in [4.69, 9.17) is 0 Å². The van der Waals surface area contributed by atoms with Gasteiger partial charge < -0.3 is 0 Å². The molecule has 0 radical (unpaired) electrons. The summed E-state index contributed by atoms with van der Waals surface area (Å²) in [6.07, 6.45) is 2.78. The van der Waals surface area contributed by atoms with Crippen LogP contribution in [0.1, 0.15) is 11.3 Å². The van der Waals surface area contributed by atoms with Crippen LogP contribution in [-0.2, 0) is 22.9 Å². The van der Waals surface area contributed by atoms with Gasteiger partial charge in [-0.15, -0.1) is 21.5 Å². The average molecular weight is 336 g/mol. The largest absolute Gasteiger partial charge is 0.276 e. The summed E-state index contributed by atoms with van der Waals surface area (Å²) in [6.45, 7) is 0.376. The zero-order valence-corrected chi connectivity index (χ0v) is 13.5. The zero-order valence-electron chi connectivity index (χ0n) is 11.8. The van der Waals surface area contributed by atoms with Crippen LogP contribution in [0.2, 0.25) is 0 Å². The lowest BCUT2D eigenvalue weighted by atomic mass is 10.2. The Morgan fingerprint density at radius 1 is 1.18 bits per heavy atom. The van der Waals surface area contributed by atoms with Gasteiger partial charge in [0.15, 0.2) is 0 Å². The Bertz CT molecular complexity index is 840. The van der Waals surface area contributed by atoms with Crippen LogP contribution in [0.5, 0.6) is 0 Å². The molecule has 3 rings (SSSR count). The maximum Gasteiger partial charge on any atom is 0.216 e. The van der Waals surface area contributed by atoms with Crippen molar-refractivity contribution < 1.29 is 8.42 Å². The van der Waals surface area contributed by atoms with E-state index < -0.39 is 10.0 Å². The van der Waals surface area contributed by atoms with Gasteiger partial charge >= 0.3 is 0 Å². The molecule has 0 fully saturated rings. The molecule has 0 atom stereocenters. The molecule has 0 bridgehead atoms. The Morgan fingerprint density at radius 3 is 2.82 bits per heavy atom. The molecule has 0 aliphatic heterocycles. The van der Waals surface area contributed by atoms with Gasteiger partial charge in [-0.3, -0.25) is 4.40 Å². The normalized spacial score (nSPS) is 12.0. The monoisotopic (exact) mass is 336 g/mol. The average Bonchev–Trinajstić information content (AvgIpc) is 3.11. The second-order valence-electron chi connectivity index (χ2n) is 4.91. The molecule has 2 heterocycles. The van der Waals surface area contributed by atoms with Crippen LogP contribution in [0.4, 0.5) is 0 Å². The highest BCUT2D eigenvalue weighted by atomic mass is 32.2. The van der Waals surface area contributed by atoms with Gasteiger partial charge in [-0.2, -0.15) is 0 Å². The molecule has 0 saturated heterocycles. The summed E-state index contributed by atoms with van der Waals surface area (Å²) in [5.74, 6) is 0.0999. The molecular formula is C14H16N4O2S2. The van der Waals surface area contributed by atoms with Gasteiger partial charge in [0.25, 0.3) is 0 Å². The number of aromatic nitrogens is 3. The molecule has 0 unspecified atom stereocenters. The molecule has 3 aromatic rings. The van der Waals surface area contributed by atoms with Crippen molar-refractivity contribution in [2.75, 3.05) is 12.3 Å². The van der Waals surface area contributed by atoms with Crippen LogP contribution in [0.25, 0.3) is 4.96 Å². The van der Waals surface area contributed by atoms with Crippen LogP contribution < -0.4 is 4.72 Å². The predicted octanol–water partition coefficient (Wildman–Crippen LogP) is 1.50. The number of nitrogens with zero attached hydrogens (tertiary/aromatic N) is 3. The van der Waals surface area contributed by atoms with Crippen molar-refractivity contribution in [3.8, 4) is 0 Å². The van der Waals surface area contributed by atoms with E-state index in [1.165, 1.54) is 11.3 Å². The number of rotatable bonds is 7. The summed E-state index contributed by atoms with van der Waals surface area (Å²) < 4.78 is 28.5. The summed E-state index contributed by atoms with van der Waals surface area (Å²) >= 11 is 1.50. The van der Waals surface area contributed by atoms with E-state index in [9.17, 15) is 8.42 Å². The number of benzene rings is 1. The van der Waals surface area contributed by atoms with Gasteiger partial charge in [-0.05, 0) is 12.0 Å². The highest BCUT2D eigenvalue weighted by molar-refractivity contribution is 7.89. The molecule has 0 amide bonds. The number of thiazole rings is 1.